The van der Waals surface area contributed by atoms with Crippen molar-refractivity contribution in [2.75, 3.05) is 45.9 Å². The summed E-state index contributed by atoms with van der Waals surface area (Å²) in [5, 5.41) is 37.5. The number of benzene rings is 4. The second-order valence-electron chi connectivity index (χ2n) is 16.6. The SMILES string of the molecule is O=C(c1cncc(-c2cccc(C(O)(C(=O)OCC3CCN(Cc4ccccc4)CC3)c3ccccc3)c2)c1)N1CCC(CNC[C@H](O)c2ccc(O)c3[nH]c(=O)ccc23)CC1. The van der Waals surface area contributed by atoms with Crippen LogP contribution in [0.15, 0.2) is 132 Å². The van der Waals surface area contributed by atoms with E-state index in [0.717, 1.165) is 45.3 Å². The predicted octanol–water partition coefficient (Wildman–Crippen LogP) is 6.16. The summed E-state index contributed by atoms with van der Waals surface area (Å²) in [4.78, 5) is 50.9. The smallest absolute Gasteiger partial charge is 0.347 e. The Kier molecular flexibility index (Phi) is 13.2. The van der Waals surface area contributed by atoms with Gasteiger partial charge in [0.2, 0.25) is 11.2 Å². The third-order valence-electron chi connectivity index (χ3n) is 12.4. The maximum absolute atomic E-state index is 14.0. The third kappa shape index (κ3) is 9.64. The third-order valence-corrected chi connectivity index (χ3v) is 12.4. The predicted molar refractivity (Wildman–Crippen MR) is 237 cm³/mol. The molecule has 1 unspecified atom stereocenters. The van der Waals surface area contributed by atoms with Crippen LogP contribution in [-0.2, 0) is 21.7 Å². The van der Waals surface area contributed by atoms with Crippen molar-refractivity contribution in [1.82, 2.24) is 25.1 Å². The number of H-pyrrole nitrogens is 1. The zero-order chi connectivity index (χ0) is 43.1. The van der Waals surface area contributed by atoms with Gasteiger partial charge >= 0.3 is 5.97 Å². The molecule has 2 aliphatic rings. The van der Waals surface area contributed by atoms with Gasteiger partial charge in [-0.3, -0.25) is 19.5 Å². The van der Waals surface area contributed by atoms with Gasteiger partial charge in [-0.15, -0.1) is 0 Å². The summed E-state index contributed by atoms with van der Waals surface area (Å²) >= 11 is 0. The summed E-state index contributed by atoms with van der Waals surface area (Å²) < 4.78 is 5.95. The quantitative estimate of drug-likeness (QED) is 0.0802. The van der Waals surface area contributed by atoms with Crippen molar-refractivity contribution in [3.63, 3.8) is 0 Å². The molecular weight excluding hydrogens is 783 g/mol. The minimum absolute atomic E-state index is 0.0533. The number of phenols is 1. The molecule has 5 N–H and O–H groups in total. The zero-order valence-electron chi connectivity index (χ0n) is 34.7. The van der Waals surface area contributed by atoms with E-state index in [1.807, 2.05) is 23.1 Å². The van der Waals surface area contributed by atoms with E-state index in [2.05, 4.69) is 44.5 Å². The molecule has 8 rings (SSSR count). The second kappa shape index (κ2) is 19.3. The Hall–Kier alpha value is -6.18. The fraction of sp³-hybridized carbons (Fsp3) is 0.320. The molecule has 0 radical (unpaired) electrons. The number of piperidine rings is 2. The molecule has 4 aromatic carbocycles. The molecular formula is C50H53N5O7. The van der Waals surface area contributed by atoms with E-state index in [1.165, 1.54) is 17.7 Å². The van der Waals surface area contributed by atoms with Crippen LogP contribution in [0.4, 0.5) is 0 Å². The first-order chi connectivity index (χ1) is 30.2. The minimum Gasteiger partial charge on any atom is -0.506 e. The van der Waals surface area contributed by atoms with Crippen LogP contribution in [-0.4, -0.2) is 92.8 Å². The van der Waals surface area contributed by atoms with Crippen LogP contribution in [0.1, 0.15) is 64.4 Å². The molecule has 0 aliphatic carbocycles. The molecule has 62 heavy (non-hydrogen) atoms. The van der Waals surface area contributed by atoms with E-state index in [1.54, 1.807) is 73.1 Å². The van der Waals surface area contributed by atoms with Gasteiger partial charge in [0.25, 0.3) is 5.91 Å². The number of aliphatic hydroxyl groups excluding tert-OH is 1. The average Bonchev–Trinajstić information content (AvgIpc) is 3.32. The number of fused-ring (bicyclic) bond motifs is 1. The lowest BCUT2D eigenvalue weighted by Gasteiger charge is -2.33. The van der Waals surface area contributed by atoms with Crippen LogP contribution in [0.25, 0.3) is 22.0 Å². The Balaban J connectivity index is 0.875. The van der Waals surface area contributed by atoms with Gasteiger partial charge in [0.15, 0.2) is 0 Å². The number of aliphatic hydroxyl groups is 2. The number of aromatic nitrogens is 2. The molecule has 0 bridgehead atoms. The Morgan fingerprint density at radius 3 is 2.27 bits per heavy atom. The molecule has 320 valence electrons. The lowest BCUT2D eigenvalue weighted by Crippen LogP contribution is -2.41. The van der Waals surface area contributed by atoms with E-state index < -0.39 is 17.7 Å². The fourth-order valence-corrected chi connectivity index (χ4v) is 8.78. The van der Waals surface area contributed by atoms with Crippen LogP contribution in [0.2, 0.25) is 0 Å². The molecule has 2 aromatic heterocycles. The van der Waals surface area contributed by atoms with Gasteiger partial charge in [-0.1, -0.05) is 84.9 Å². The fourth-order valence-electron chi connectivity index (χ4n) is 8.78. The lowest BCUT2D eigenvalue weighted by atomic mass is 9.85. The van der Waals surface area contributed by atoms with E-state index in [9.17, 15) is 29.7 Å². The summed E-state index contributed by atoms with van der Waals surface area (Å²) in [6.07, 6.45) is 5.76. The molecule has 2 saturated heterocycles. The number of aromatic hydroxyl groups is 1. The number of aromatic amines is 1. The van der Waals surface area contributed by atoms with Crippen molar-refractivity contribution < 1.29 is 29.6 Å². The molecule has 2 atom stereocenters. The number of likely N-dealkylation sites (tertiary alicyclic amines) is 2. The standard InChI is InChI=1S/C50H53N5O7/c56-44-16-14-42(43-15-17-46(58)53-47(43)44)45(57)31-51-28-34-20-24-55(25-21-34)48(59)39-26-38(29-52-30-39)37-10-7-13-41(27-37)50(61,40-11-5-2-6-12-40)49(60)62-33-36-18-22-54(23-19-36)32-35-8-3-1-4-9-35/h1-17,26-27,29-30,34,36,45,51,56-57,61H,18-25,28,31-33H2,(H,53,58)/t45-,50?/m0/s1. The number of esters is 1. The highest BCUT2D eigenvalue weighted by Crippen LogP contribution is 2.35. The first-order valence-corrected chi connectivity index (χ1v) is 21.5. The van der Waals surface area contributed by atoms with Crippen molar-refractivity contribution in [2.24, 2.45) is 11.8 Å². The minimum atomic E-state index is -2.06. The lowest BCUT2D eigenvalue weighted by molar-refractivity contribution is -0.164. The maximum atomic E-state index is 14.0. The van der Waals surface area contributed by atoms with Gasteiger partial charge in [-0.25, -0.2) is 4.79 Å². The summed E-state index contributed by atoms with van der Waals surface area (Å²) in [7, 11) is 0. The summed E-state index contributed by atoms with van der Waals surface area (Å²) in [5.74, 6) is -0.402. The van der Waals surface area contributed by atoms with Gasteiger partial charge in [-0.05, 0) is 104 Å². The van der Waals surface area contributed by atoms with Crippen molar-refractivity contribution in [3.05, 3.63) is 166 Å². The van der Waals surface area contributed by atoms with Gasteiger partial charge in [0.05, 0.1) is 23.8 Å². The van der Waals surface area contributed by atoms with Crippen LogP contribution in [0.5, 0.6) is 5.75 Å². The van der Waals surface area contributed by atoms with Crippen molar-refractivity contribution in [1.29, 1.82) is 0 Å². The number of nitrogens with zero attached hydrogens (tertiary/aromatic N) is 3. The van der Waals surface area contributed by atoms with Crippen molar-refractivity contribution >= 4 is 22.8 Å². The monoisotopic (exact) mass is 835 g/mol. The highest BCUT2D eigenvalue weighted by Gasteiger charge is 2.42. The second-order valence-corrected chi connectivity index (χ2v) is 16.6. The van der Waals surface area contributed by atoms with E-state index in [0.29, 0.717) is 69.8 Å². The largest absolute Gasteiger partial charge is 0.506 e. The van der Waals surface area contributed by atoms with Gasteiger partial charge in [0.1, 0.15) is 5.75 Å². The number of hydrogen-bond acceptors (Lipinski definition) is 10. The number of pyridine rings is 2. The molecule has 2 fully saturated rings. The first kappa shape index (κ1) is 42.5. The van der Waals surface area contributed by atoms with E-state index >= 15 is 0 Å². The number of nitrogens with one attached hydrogen (secondary N) is 2. The Morgan fingerprint density at radius 2 is 1.52 bits per heavy atom. The maximum Gasteiger partial charge on any atom is 0.347 e. The number of hydrogen-bond donors (Lipinski definition) is 5. The van der Waals surface area contributed by atoms with E-state index in [4.69, 9.17) is 4.74 Å². The first-order valence-electron chi connectivity index (χ1n) is 21.5. The number of carbonyl (C=O) groups is 2. The summed E-state index contributed by atoms with van der Waals surface area (Å²) in [6, 6.07) is 34.3. The molecule has 12 heteroatoms. The topological polar surface area (TPSA) is 168 Å². The van der Waals surface area contributed by atoms with E-state index in [-0.39, 0.29) is 36.3 Å². The van der Waals surface area contributed by atoms with Crippen LogP contribution in [0.3, 0.4) is 0 Å². The molecule has 4 heterocycles. The number of rotatable bonds is 14. The Labute approximate surface area is 360 Å². The molecule has 6 aromatic rings. The molecule has 2 aliphatic heterocycles. The molecule has 1 amide bonds. The normalized spacial score (nSPS) is 16.8. The Bertz CT molecular complexity index is 2540. The number of phenolic OH excluding ortho intramolecular Hbond substituents is 1. The molecule has 0 spiro atoms. The van der Waals surface area contributed by atoms with Crippen LogP contribution < -0.4 is 10.9 Å². The molecule has 12 nitrogen and oxygen atoms in total. The average molecular weight is 836 g/mol. The number of amides is 1. The van der Waals surface area contributed by atoms with Crippen molar-refractivity contribution in [2.45, 2.75) is 43.9 Å². The highest BCUT2D eigenvalue weighted by molar-refractivity contribution is 5.95. The van der Waals surface area contributed by atoms with Gasteiger partial charge in [0, 0.05) is 61.2 Å². The summed E-state index contributed by atoms with van der Waals surface area (Å²) in [6.45, 7) is 5.03. The summed E-state index contributed by atoms with van der Waals surface area (Å²) in [5.41, 5.74) is 2.36. The Morgan fingerprint density at radius 1 is 0.806 bits per heavy atom. The van der Waals surface area contributed by atoms with Crippen LogP contribution in [0, 0.1) is 11.8 Å². The van der Waals surface area contributed by atoms with Crippen LogP contribution >= 0.6 is 0 Å². The highest BCUT2D eigenvalue weighted by atomic mass is 16.5. The number of ether oxygens (including phenoxy) is 1. The molecule has 0 saturated carbocycles. The van der Waals surface area contributed by atoms with Gasteiger partial charge in [-0.2, -0.15) is 0 Å². The number of carbonyl (C=O) groups excluding carboxylic acids is 2. The zero-order valence-corrected chi connectivity index (χ0v) is 34.7. The van der Waals surface area contributed by atoms with Crippen molar-refractivity contribution in [3.8, 4) is 16.9 Å². The van der Waals surface area contributed by atoms with Gasteiger partial charge < -0.3 is 35.3 Å².